The number of aryl methyl sites for hydroxylation is 3. The second-order valence-electron chi connectivity index (χ2n) is 10.5. The number of carboxylic acid groups (broad SMARTS) is 1. The average Bonchev–Trinajstić information content (AvgIpc) is 3.57. The van der Waals surface area contributed by atoms with Crippen molar-refractivity contribution in [1.29, 1.82) is 0 Å². The Bertz CT molecular complexity index is 1050. The SMILES string of the molecule is Cc1ccc([C@H]2CCOC2)c([C@@H](C(=O)O)N2CC[C@@H](OCCCCc3ccc4c(n3)NCCC4)C2)c1. The summed E-state index contributed by atoms with van der Waals surface area (Å²) in [7, 11) is 0. The second-order valence-corrected chi connectivity index (χ2v) is 10.5. The zero-order chi connectivity index (χ0) is 24.9. The number of rotatable bonds is 10. The maximum absolute atomic E-state index is 12.5. The van der Waals surface area contributed by atoms with Crippen LogP contribution in [0.15, 0.2) is 30.3 Å². The van der Waals surface area contributed by atoms with Crippen molar-refractivity contribution in [3.8, 4) is 0 Å². The zero-order valence-electron chi connectivity index (χ0n) is 21.4. The van der Waals surface area contributed by atoms with Crippen LogP contribution in [0.2, 0.25) is 0 Å². The molecule has 2 N–H and O–H groups in total. The van der Waals surface area contributed by atoms with Gasteiger partial charge in [0.05, 0.1) is 12.7 Å². The lowest BCUT2D eigenvalue weighted by atomic mass is 9.88. The summed E-state index contributed by atoms with van der Waals surface area (Å²) in [6, 6.07) is 9.99. The van der Waals surface area contributed by atoms with Crippen LogP contribution in [-0.2, 0) is 27.1 Å². The molecule has 3 aliphatic heterocycles. The fourth-order valence-corrected chi connectivity index (χ4v) is 5.86. The Balaban J connectivity index is 1.12. The van der Waals surface area contributed by atoms with Gasteiger partial charge in [-0.05, 0) is 74.6 Å². The van der Waals surface area contributed by atoms with E-state index < -0.39 is 12.0 Å². The maximum atomic E-state index is 12.5. The standard InChI is InChI=1S/C29H39N3O4/c1-20-7-10-25(22-12-16-35-19-22)26(17-20)27(29(33)34)32-14-11-24(18-32)36-15-3-2-6-23-9-8-21-5-4-13-30-28(21)31-23/h7-10,17,22,24,27H,2-6,11-16,18-19H2,1H3,(H,30,31)(H,33,34)/t22-,24+,27-/m0/s1. The lowest BCUT2D eigenvalue weighted by Crippen LogP contribution is -2.34. The predicted molar refractivity (Wildman–Crippen MR) is 140 cm³/mol. The molecule has 194 valence electrons. The number of nitrogens with zero attached hydrogens (tertiary/aromatic N) is 2. The molecule has 0 spiro atoms. The fraction of sp³-hybridized carbons (Fsp3) is 0.586. The van der Waals surface area contributed by atoms with Gasteiger partial charge in [-0.1, -0.05) is 29.8 Å². The van der Waals surface area contributed by atoms with E-state index in [0.717, 1.165) is 86.4 Å². The minimum Gasteiger partial charge on any atom is -0.480 e. The number of aromatic nitrogens is 1. The van der Waals surface area contributed by atoms with Gasteiger partial charge >= 0.3 is 5.97 Å². The van der Waals surface area contributed by atoms with Gasteiger partial charge in [0, 0.05) is 44.5 Å². The largest absolute Gasteiger partial charge is 0.480 e. The number of hydrogen-bond acceptors (Lipinski definition) is 6. The highest BCUT2D eigenvalue weighted by molar-refractivity contribution is 5.76. The number of ether oxygens (including phenoxy) is 2. The normalized spacial score (nSPS) is 22.8. The monoisotopic (exact) mass is 493 g/mol. The minimum atomic E-state index is -0.784. The van der Waals surface area contributed by atoms with Gasteiger partial charge in [-0.3, -0.25) is 9.69 Å². The first-order valence-corrected chi connectivity index (χ1v) is 13.6. The molecule has 0 amide bonds. The molecule has 0 saturated carbocycles. The van der Waals surface area contributed by atoms with Crippen molar-refractivity contribution in [2.45, 2.75) is 69.9 Å². The van der Waals surface area contributed by atoms with Crippen LogP contribution in [0.1, 0.15) is 72.0 Å². The highest BCUT2D eigenvalue weighted by Crippen LogP contribution is 2.36. The maximum Gasteiger partial charge on any atom is 0.325 e. The van der Waals surface area contributed by atoms with Gasteiger partial charge in [0.1, 0.15) is 11.9 Å². The average molecular weight is 494 g/mol. The smallest absolute Gasteiger partial charge is 0.325 e. The lowest BCUT2D eigenvalue weighted by Gasteiger charge is -2.28. The van der Waals surface area contributed by atoms with Gasteiger partial charge in [-0.2, -0.15) is 0 Å². The van der Waals surface area contributed by atoms with Crippen LogP contribution in [0.5, 0.6) is 0 Å². The van der Waals surface area contributed by atoms with Crippen LogP contribution in [-0.4, -0.2) is 66.5 Å². The number of anilines is 1. The molecule has 7 heteroatoms. The molecule has 2 fully saturated rings. The molecule has 0 bridgehead atoms. The fourth-order valence-electron chi connectivity index (χ4n) is 5.86. The van der Waals surface area contributed by atoms with Crippen molar-refractivity contribution in [2.75, 3.05) is 44.8 Å². The molecule has 0 aliphatic carbocycles. The van der Waals surface area contributed by atoms with Crippen molar-refractivity contribution < 1.29 is 19.4 Å². The van der Waals surface area contributed by atoms with Crippen LogP contribution in [0.25, 0.3) is 0 Å². The van der Waals surface area contributed by atoms with Crippen LogP contribution in [0, 0.1) is 6.92 Å². The summed E-state index contributed by atoms with van der Waals surface area (Å²) in [4.78, 5) is 19.3. The number of carbonyl (C=O) groups is 1. The zero-order valence-corrected chi connectivity index (χ0v) is 21.4. The van der Waals surface area contributed by atoms with Gasteiger partial charge in [0.25, 0.3) is 0 Å². The first kappa shape index (κ1) is 25.2. The third-order valence-corrected chi connectivity index (χ3v) is 7.81. The number of carboxylic acids is 1. The van der Waals surface area contributed by atoms with Crippen molar-refractivity contribution >= 4 is 11.8 Å². The van der Waals surface area contributed by atoms with E-state index in [1.54, 1.807) is 0 Å². The lowest BCUT2D eigenvalue weighted by molar-refractivity contribution is -0.143. The van der Waals surface area contributed by atoms with E-state index in [0.29, 0.717) is 19.8 Å². The Kier molecular flexibility index (Phi) is 8.19. The Morgan fingerprint density at radius 3 is 3.03 bits per heavy atom. The Morgan fingerprint density at radius 2 is 2.19 bits per heavy atom. The molecule has 1 aromatic heterocycles. The molecule has 7 nitrogen and oxygen atoms in total. The molecule has 2 saturated heterocycles. The van der Waals surface area contributed by atoms with E-state index in [9.17, 15) is 9.90 Å². The van der Waals surface area contributed by atoms with E-state index in [4.69, 9.17) is 14.5 Å². The topological polar surface area (TPSA) is 83.9 Å². The quantitative estimate of drug-likeness (QED) is 0.472. The number of benzene rings is 1. The molecule has 3 aliphatic rings. The van der Waals surface area contributed by atoms with E-state index >= 15 is 0 Å². The van der Waals surface area contributed by atoms with Crippen LogP contribution in [0.3, 0.4) is 0 Å². The number of pyridine rings is 1. The van der Waals surface area contributed by atoms with E-state index in [-0.39, 0.29) is 12.0 Å². The molecule has 1 aromatic carbocycles. The Hall–Kier alpha value is -2.48. The molecular formula is C29H39N3O4. The summed E-state index contributed by atoms with van der Waals surface area (Å²) in [5, 5.41) is 13.6. The Labute approximate surface area is 214 Å². The highest BCUT2D eigenvalue weighted by Gasteiger charge is 2.36. The van der Waals surface area contributed by atoms with Crippen molar-refractivity contribution in [2.24, 2.45) is 0 Å². The predicted octanol–water partition coefficient (Wildman–Crippen LogP) is 4.49. The van der Waals surface area contributed by atoms with Gasteiger partial charge in [0.15, 0.2) is 0 Å². The first-order chi connectivity index (χ1) is 17.6. The number of hydrogen-bond donors (Lipinski definition) is 2. The molecule has 3 atom stereocenters. The van der Waals surface area contributed by atoms with Crippen LogP contribution >= 0.6 is 0 Å². The van der Waals surface area contributed by atoms with E-state index in [1.807, 2.05) is 6.92 Å². The number of nitrogens with one attached hydrogen (secondary N) is 1. The van der Waals surface area contributed by atoms with Crippen molar-refractivity contribution in [3.63, 3.8) is 0 Å². The highest BCUT2D eigenvalue weighted by atomic mass is 16.5. The number of likely N-dealkylation sites (tertiary alicyclic amines) is 1. The molecule has 2 aromatic rings. The number of fused-ring (bicyclic) bond motifs is 1. The van der Waals surface area contributed by atoms with E-state index in [2.05, 4.69) is 40.5 Å². The third-order valence-electron chi connectivity index (χ3n) is 7.81. The number of aliphatic carboxylic acids is 1. The van der Waals surface area contributed by atoms with Gasteiger partial charge in [-0.25, -0.2) is 4.98 Å². The molecule has 5 rings (SSSR count). The molecular weight excluding hydrogens is 454 g/mol. The summed E-state index contributed by atoms with van der Waals surface area (Å²) in [6.45, 7) is 6.56. The van der Waals surface area contributed by atoms with Gasteiger partial charge in [0.2, 0.25) is 0 Å². The Morgan fingerprint density at radius 1 is 1.28 bits per heavy atom. The second kappa shape index (κ2) is 11.7. The molecule has 0 unspecified atom stereocenters. The summed E-state index contributed by atoms with van der Waals surface area (Å²) in [6.07, 6.45) is 7.17. The summed E-state index contributed by atoms with van der Waals surface area (Å²) < 4.78 is 11.8. The molecule has 36 heavy (non-hydrogen) atoms. The van der Waals surface area contributed by atoms with Gasteiger partial charge in [-0.15, -0.1) is 0 Å². The van der Waals surface area contributed by atoms with Crippen LogP contribution < -0.4 is 5.32 Å². The summed E-state index contributed by atoms with van der Waals surface area (Å²) >= 11 is 0. The summed E-state index contributed by atoms with van der Waals surface area (Å²) in [5.74, 6) is 0.553. The van der Waals surface area contributed by atoms with Crippen molar-refractivity contribution in [1.82, 2.24) is 9.88 Å². The first-order valence-electron chi connectivity index (χ1n) is 13.6. The minimum absolute atomic E-state index is 0.0843. The van der Waals surface area contributed by atoms with Gasteiger partial charge < -0.3 is 19.9 Å². The van der Waals surface area contributed by atoms with Crippen LogP contribution in [0.4, 0.5) is 5.82 Å². The number of unbranched alkanes of at least 4 members (excludes halogenated alkanes) is 1. The van der Waals surface area contributed by atoms with E-state index in [1.165, 1.54) is 12.0 Å². The molecule has 4 heterocycles. The molecule has 0 radical (unpaired) electrons. The third kappa shape index (κ3) is 5.90. The summed E-state index contributed by atoms with van der Waals surface area (Å²) in [5.41, 5.74) is 5.61. The van der Waals surface area contributed by atoms with Crippen molar-refractivity contribution in [3.05, 3.63) is 58.3 Å².